The average molecular weight is 395 g/mol. The van der Waals surface area contributed by atoms with Gasteiger partial charge >= 0.3 is 0 Å². The standard InChI is InChI=1S/C25H21N3O2/c1-2-24(29)27-20-13-11-17(12-14-20)25(30)28-26-16-23-21-9-5-3-7-18(21)15-19-8-4-6-10-22(19)23/h3-16H,2H2,1H3,(H,27,29)(H,28,30)/b26-16-. The second kappa shape index (κ2) is 8.57. The Hall–Kier alpha value is -3.99. The summed E-state index contributed by atoms with van der Waals surface area (Å²) in [5, 5.41) is 11.4. The van der Waals surface area contributed by atoms with Crippen molar-refractivity contribution in [1.82, 2.24) is 5.43 Å². The fraction of sp³-hybridized carbons (Fsp3) is 0.0800. The van der Waals surface area contributed by atoms with Crippen molar-refractivity contribution in [3.8, 4) is 0 Å². The molecule has 0 aliphatic heterocycles. The number of benzene rings is 4. The van der Waals surface area contributed by atoms with Gasteiger partial charge in [-0.1, -0.05) is 55.5 Å². The number of amides is 2. The van der Waals surface area contributed by atoms with Crippen LogP contribution in [0, 0.1) is 0 Å². The number of hydrogen-bond acceptors (Lipinski definition) is 3. The first kappa shape index (κ1) is 19.3. The van der Waals surface area contributed by atoms with E-state index in [1.165, 1.54) is 0 Å². The van der Waals surface area contributed by atoms with E-state index in [1.54, 1.807) is 37.4 Å². The number of fused-ring (bicyclic) bond motifs is 2. The predicted molar refractivity (Wildman–Crippen MR) is 122 cm³/mol. The molecule has 148 valence electrons. The van der Waals surface area contributed by atoms with Crippen LogP contribution in [-0.2, 0) is 4.79 Å². The molecule has 0 radical (unpaired) electrons. The van der Waals surface area contributed by atoms with Crippen molar-refractivity contribution in [1.29, 1.82) is 0 Å². The first-order valence-corrected chi connectivity index (χ1v) is 9.79. The van der Waals surface area contributed by atoms with Crippen LogP contribution < -0.4 is 10.7 Å². The van der Waals surface area contributed by atoms with Gasteiger partial charge in [-0.2, -0.15) is 5.10 Å². The van der Waals surface area contributed by atoms with Crippen LogP contribution in [0.4, 0.5) is 5.69 Å². The van der Waals surface area contributed by atoms with Gasteiger partial charge in [-0.25, -0.2) is 5.43 Å². The summed E-state index contributed by atoms with van der Waals surface area (Å²) in [6.07, 6.45) is 2.10. The highest BCUT2D eigenvalue weighted by molar-refractivity contribution is 6.13. The fourth-order valence-electron chi connectivity index (χ4n) is 3.36. The Bertz CT molecular complexity index is 1210. The Morgan fingerprint density at radius 2 is 1.47 bits per heavy atom. The van der Waals surface area contributed by atoms with Crippen LogP contribution in [0.1, 0.15) is 29.3 Å². The second-order valence-electron chi connectivity index (χ2n) is 6.91. The highest BCUT2D eigenvalue weighted by Crippen LogP contribution is 2.27. The van der Waals surface area contributed by atoms with E-state index >= 15 is 0 Å². The van der Waals surface area contributed by atoms with E-state index in [0.717, 1.165) is 27.1 Å². The van der Waals surface area contributed by atoms with E-state index in [2.05, 4.69) is 34.0 Å². The minimum Gasteiger partial charge on any atom is -0.326 e. The molecule has 0 aromatic heterocycles. The third-order valence-electron chi connectivity index (χ3n) is 4.92. The summed E-state index contributed by atoms with van der Waals surface area (Å²) >= 11 is 0. The molecule has 0 spiro atoms. The minimum atomic E-state index is -0.316. The molecule has 5 heteroatoms. The molecule has 0 aliphatic carbocycles. The fourth-order valence-corrected chi connectivity index (χ4v) is 3.36. The first-order valence-electron chi connectivity index (χ1n) is 9.79. The van der Waals surface area contributed by atoms with Crippen LogP contribution in [0.15, 0.2) is 84.0 Å². The van der Waals surface area contributed by atoms with Crippen LogP contribution in [0.25, 0.3) is 21.5 Å². The first-order chi connectivity index (χ1) is 14.7. The van der Waals surface area contributed by atoms with Crippen molar-refractivity contribution in [3.63, 3.8) is 0 Å². The van der Waals surface area contributed by atoms with Crippen LogP contribution in [-0.4, -0.2) is 18.0 Å². The van der Waals surface area contributed by atoms with Gasteiger partial charge in [-0.05, 0) is 51.9 Å². The maximum absolute atomic E-state index is 12.4. The van der Waals surface area contributed by atoms with Crippen LogP contribution in [0.5, 0.6) is 0 Å². The number of hydrogen-bond donors (Lipinski definition) is 2. The Kier molecular flexibility index (Phi) is 5.52. The van der Waals surface area contributed by atoms with E-state index < -0.39 is 0 Å². The normalized spacial score (nSPS) is 11.1. The molecule has 2 N–H and O–H groups in total. The number of carbonyl (C=O) groups is 2. The lowest BCUT2D eigenvalue weighted by Crippen LogP contribution is -2.17. The highest BCUT2D eigenvalue weighted by Gasteiger charge is 2.07. The van der Waals surface area contributed by atoms with E-state index in [9.17, 15) is 9.59 Å². The molecule has 0 unspecified atom stereocenters. The van der Waals surface area contributed by atoms with Crippen molar-refractivity contribution >= 4 is 45.3 Å². The number of nitrogens with zero attached hydrogens (tertiary/aromatic N) is 1. The number of carbonyl (C=O) groups excluding carboxylic acids is 2. The van der Waals surface area contributed by atoms with Crippen LogP contribution in [0.2, 0.25) is 0 Å². The molecule has 0 saturated carbocycles. The van der Waals surface area contributed by atoms with E-state index in [0.29, 0.717) is 17.7 Å². The Morgan fingerprint density at radius 3 is 2.07 bits per heavy atom. The topological polar surface area (TPSA) is 70.6 Å². The summed E-state index contributed by atoms with van der Waals surface area (Å²) < 4.78 is 0. The van der Waals surface area contributed by atoms with E-state index in [4.69, 9.17) is 0 Å². The molecule has 0 saturated heterocycles. The summed E-state index contributed by atoms with van der Waals surface area (Å²) in [4.78, 5) is 23.9. The molecule has 0 aliphatic rings. The molecule has 0 heterocycles. The predicted octanol–water partition coefficient (Wildman–Crippen LogP) is 5.11. The lowest BCUT2D eigenvalue weighted by Gasteiger charge is -2.08. The SMILES string of the molecule is CCC(=O)Nc1ccc(C(=O)N/N=C\c2c3ccccc3cc3ccccc23)cc1. The van der Waals surface area contributed by atoms with Crippen molar-refractivity contribution < 1.29 is 9.59 Å². The molecule has 4 aromatic carbocycles. The lowest BCUT2D eigenvalue weighted by molar-refractivity contribution is -0.115. The third-order valence-corrected chi connectivity index (χ3v) is 4.92. The molecule has 4 aromatic rings. The average Bonchev–Trinajstić information content (AvgIpc) is 2.78. The quantitative estimate of drug-likeness (QED) is 0.280. The summed E-state index contributed by atoms with van der Waals surface area (Å²) in [5.74, 6) is -0.386. The van der Waals surface area contributed by atoms with Gasteiger partial charge < -0.3 is 5.32 Å². The summed E-state index contributed by atoms with van der Waals surface area (Å²) in [6, 6.07) is 25.1. The van der Waals surface area contributed by atoms with Gasteiger partial charge in [-0.15, -0.1) is 0 Å². The molecule has 5 nitrogen and oxygen atoms in total. The smallest absolute Gasteiger partial charge is 0.271 e. The molecule has 0 atom stereocenters. The minimum absolute atomic E-state index is 0.0703. The summed E-state index contributed by atoms with van der Waals surface area (Å²) in [6.45, 7) is 1.79. The highest BCUT2D eigenvalue weighted by atomic mass is 16.2. The second-order valence-corrected chi connectivity index (χ2v) is 6.91. The number of rotatable bonds is 5. The maximum Gasteiger partial charge on any atom is 0.271 e. The van der Waals surface area contributed by atoms with Gasteiger partial charge in [0.25, 0.3) is 5.91 Å². The molecule has 0 bridgehead atoms. The van der Waals surface area contributed by atoms with Gasteiger partial charge in [0.15, 0.2) is 0 Å². The Morgan fingerprint density at radius 1 is 0.867 bits per heavy atom. The van der Waals surface area contributed by atoms with Crippen LogP contribution in [0.3, 0.4) is 0 Å². The maximum atomic E-state index is 12.4. The monoisotopic (exact) mass is 395 g/mol. The lowest BCUT2D eigenvalue weighted by atomic mass is 9.97. The van der Waals surface area contributed by atoms with Gasteiger partial charge in [0, 0.05) is 23.2 Å². The number of hydrazone groups is 1. The number of nitrogens with one attached hydrogen (secondary N) is 2. The molecule has 0 fully saturated rings. The van der Waals surface area contributed by atoms with Gasteiger partial charge in [0.05, 0.1) is 6.21 Å². The van der Waals surface area contributed by atoms with Crippen molar-refractivity contribution in [3.05, 3.63) is 90.0 Å². The van der Waals surface area contributed by atoms with E-state index in [-0.39, 0.29) is 11.8 Å². The zero-order chi connectivity index (χ0) is 20.9. The van der Waals surface area contributed by atoms with Crippen LogP contribution >= 0.6 is 0 Å². The Balaban J connectivity index is 1.56. The molecular weight excluding hydrogens is 374 g/mol. The van der Waals surface area contributed by atoms with Gasteiger partial charge in [-0.3, -0.25) is 9.59 Å². The molecule has 2 amide bonds. The number of anilines is 1. The molecule has 30 heavy (non-hydrogen) atoms. The van der Waals surface area contributed by atoms with Gasteiger partial charge in [0.1, 0.15) is 0 Å². The molecule has 4 rings (SSSR count). The zero-order valence-corrected chi connectivity index (χ0v) is 16.6. The summed E-state index contributed by atoms with van der Waals surface area (Å²) in [7, 11) is 0. The largest absolute Gasteiger partial charge is 0.326 e. The third kappa shape index (κ3) is 4.05. The van der Waals surface area contributed by atoms with Crippen molar-refractivity contribution in [2.45, 2.75) is 13.3 Å². The summed E-state index contributed by atoms with van der Waals surface area (Å²) in [5.41, 5.74) is 4.67. The zero-order valence-electron chi connectivity index (χ0n) is 16.6. The Labute approximate surface area is 174 Å². The van der Waals surface area contributed by atoms with E-state index in [1.807, 2.05) is 36.4 Å². The van der Waals surface area contributed by atoms with Crippen molar-refractivity contribution in [2.24, 2.45) is 5.10 Å². The van der Waals surface area contributed by atoms with Crippen molar-refractivity contribution in [2.75, 3.05) is 5.32 Å². The molecular formula is C25H21N3O2. The van der Waals surface area contributed by atoms with Gasteiger partial charge in [0.2, 0.25) is 5.91 Å².